The molecule has 25 heavy (non-hydrogen) atoms. The van der Waals surface area contributed by atoms with Crippen molar-refractivity contribution in [2.45, 2.75) is 19.8 Å². The van der Waals surface area contributed by atoms with Gasteiger partial charge in [-0.1, -0.05) is 66.2 Å². The van der Waals surface area contributed by atoms with Gasteiger partial charge in [-0.3, -0.25) is 0 Å². The second-order valence-electron chi connectivity index (χ2n) is 6.49. The van der Waals surface area contributed by atoms with Gasteiger partial charge >= 0.3 is 11.9 Å². The SMILES string of the molecule is CC(=C1C(=O)OC(=O)C1=C(c1ccccc1)c1ccccc1)C1CC1. The molecular formula is C22H18O3. The first-order valence-corrected chi connectivity index (χ1v) is 8.49. The van der Waals surface area contributed by atoms with Gasteiger partial charge in [0.05, 0.1) is 11.1 Å². The van der Waals surface area contributed by atoms with E-state index in [1.807, 2.05) is 67.6 Å². The molecule has 1 saturated heterocycles. The van der Waals surface area contributed by atoms with Crippen molar-refractivity contribution in [2.75, 3.05) is 0 Å². The van der Waals surface area contributed by atoms with Crippen LogP contribution in [0.25, 0.3) is 5.57 Å². The Morgan fingerprint density at radius 3 is 1.76 bits per heavy atom. The van der Waals surface area contributed by atoms with Crippen molar-refractivity contribution in [3.8, 4) is 0 Å². The third kappa shape index (κ3) is 2.82. The number of cyclic esters (lactones) is 2. The number of benzene rings is 2. The van der Waals surface area contributed by atoms with Crippen LogP contribution in [0.4, 0.5) is 0 Å². The molecule has 2 aliphatic rings. The van der Waals surface area contributed by atoms with Crippen LogP contribution in [-0.2, 0) is 14.3 Å². The molecular weight excluding hydrogens is 312 g/mol. The van der Waals surface area contributed by atoms with Gasteiger partial charge in [-0.15, -0.1) is 0 Å². The predicted octanol–water partition coefficient (Wildman–Crippen LogP) is 4.30. The Morgan fingerprint density at radius 2 is 1.28 bits per heavy atom. The van der Waals surface area contributed by atoms with E-state index in [1.54, 1.807) is 0 Å². The van der Waals surface area contributed by atoms with Crippen LogP contribution in [0.5, 0.6) is 0 Å². The Kier molecular flexibility index (Phi) is 3.85. The lowest BCUT2D eigenvalue weighted by Crippen LogP contribution is -2.04. The Balaban J connectivity index is 2.03. The molecule has 0 amide bonds. The maximum atomic E-state index is 12.6. The molecule has 1 aliphatic carbocycles. The number of rotatable bonds is 3. The van der Waals surface area contributed by atoms with Gasteiger partial charge in [-0.25, -0.2) is 9.59 Å². The van der Waals surface area contributed by atoms with E-state index in [9.17, 15) is 9.59 Å². The lowest BCUT2D eigenvalue weighted by atomic mass is 9.88. The van der Waals surface area contributed by atoms with Gasteiger partial charge in [0.2, 0.25) is 0 Å². The van der Waals surface area contributed by atoms with Gasteiger partial charge in [0.15, 0.2) is 0 Å². The number of carbonyl (C=O) groups excluding carboxylic acids is 2. The summed E-state index contributed by atoms with van der Waals surface area (Å²) in [5, 5.41) is 0. The predicted molar refractivity (Wildman–Crippen MR) is 95.4 cm³/mol. The number of hydrogen-bond acceptors (Lipinski definition) is 3. The topological polar surface area (TPSA) is 43.4 Å². The van der Waals surface area contributed by atoms with Gasteiger partial charge in [0, 0.05) is 5.57 Å². The number of ether oxygens (including phenoxy) is 1. The van der Waals surface area contributed by atoms with Crippen molar-refractivity contribution in [3.05, 3.63) is 88.5 Å². The molecule has 2 aromatic carbocycles. The minimum absolute atomic E-state index is 0.385. The second-order valence-corrected chi connectivity index (χ2v) is 6.49. The lowest BCUT2D eigenvalue weighted by molar-refractivity contribution is -0.149. The van der Waals surface area contributed by atoms with E-state index < -0.39 is 11.9 Å². The van der Waals surface area contributed by atoms with E-state index in [0.29, 0.717) is 17.1 Å². The molecule has 0 aromatic heterocycles. The van der Waals surface area contributed by atoms with Gasteiger partial charge in [-0.05, 0) is 36.8 Å². The van der Waals surface area contributed by atoms with E-state index >= 15 is 0 Å². The standard InChI is InChI=1S/C22H18O3/c1-14(15-12-13-15)18-20(22(24)25-21(18)23)19(16-8-4-2-5-9-16)17-10-6-3-7-11-17/h2-11,15H,12-13H2,1H3. The highest BCUT2D eigenvalue weighted by molar-refractivity contribution is 6.23. The fraction of sp³-hybridized carbons (Fsp3) is 0.182. The zero-order valence-corrected chi connectivity index (χ0v) is 14.0. The summed E-state index contributed by atoms with van der Waals surface area (Å²) < 4.78 is 5.02. The molecule has 2 fully saturated rings. The molecule has 0 spiro atoms. The monoisotopic (exact) mass is 330 g/mol. The molecule has 0 N–H and O–H groups in total. The third-order valence-electron chi connectivity index (χ3n) is 4.80. The maximum Gasteiger partial charge on any atom is 0.347 e. The zero-order chi connectivity index (χ0) is 17.4. The van der Waals surface area contributed by atoms with Crippen molar-refractivity contribution in [1.82, 2.24) is 0 Å². The van der Waals surface area contributed by atoms with Crippen LogP contribution >= 0.6 is 0 Å². The summed E-state index contributed by atoms with van der Waals surface area (Å²) in [6.45, 7) is 1.94. The number of esters is 2. The molecule has 1 aliphatic heterocycles. The van der Waals surface area contributed by atoms with Gasteiger partial charge < -0.3 is 4.74 Å². The van der Waals surface area contributed by atoms with E-state index in [2.05, 4.69) is 0 Å². The summed E-state index contributed by atoms with van der Waals surface area (Å²) in [5.41, 5.74) is 4.37. The molecule has 4 rings (SSSR count). The van der Waals surface area contributed by atoms with Crippen molar-refractivity contribution in [2.24, 2.45) is 5.92 Å². The van der Waals surface area contributed by atoms with Crippen LogP contribution in [-0.4, -0.2) is 11.9 Å². The molecule has 1 heterocycles. The highest BCUT2D eigenvalue weighted by atomic mass is 16.6. The molecule has 0 bridgehead atoms. The summed E-state index contributed by atoms with van der Waals surface area (Å²) in [5.74, 6) is -0.687. The first-order valence-electron chi connectivity index (χ1n) is 8.49. The second kappa shape index (κ2) is 6.17. The quantitative estimate of drug-likeness (QED) is 0.479. The largest absolute Gasteiger partial charge is 0.386 e. The van der Waals surface area contributed by atoms with Crippen LogP contribution < -0.4 is 0 Å². The molecule has 3 nitrogen and oxygen atoms in total. The average molecular weight is 330 g/mol. The number of hydrogen-bond donors (Lipinski definition) is 0. The first kappa shape index (κ1) is 15.6. The van der Waals surface area contributed by atoms with Gasteiger partial charge in [-0.2, -0.15) is 0 Å². The Bertz CT molecular complexity index is 859. The number of allylic oxidation sites excluding steroid dienone is 1. The fourth-order valence-corrected chi connectivity index (χ4v) is 3.36. The Hall–Kier alpha value is -2.94. The lowest BCUT2D eigenvalue weighted by Gasteiger charge is -2.12. The van der Waals surface area contributed by atoms with E-state index in [-0.39, 0.29) is 0 Å². The minimum atomic E-state index is -0.553. The molecule has 0 radical (unpaired) electrons. The minimum Gasteiger partial charge on any atom is -0.386 e. The van der Waals surface area contributed by atoms with Crippen molar-refractivity contribution in [3.63, 3.8) is 0 Å². The molecule has 124 valence electrons. The highest BCUT2D eigenvalue weighted by Gasteiger charge is 2.40. The van der Waals surface area contributed by atoms with Crippen LogP contribution in [0.3, 0.4) is 0 Å². The van der Waals surface area contributed by atoms with Gasteiger partial charge in [0.25, 0.3) is 0 Å². The fourth-order valence-electron chi connectivity index (χ4n) is 3.36. The smallest absolute Gasteiger partial charge is 0.347 e. The van der Waals surface area contributed by atoms with E-state index in [1.165, 1.54) is 0 Å². The summed E-state index contributed by atoms with van der Waals surface area (Å²) in [6, 6.07) is 19.4. The molecule has 3 heteroatoms. The van der Waals surface area contributed by atoms with Crippen LogP contribution in [0.15, 0.2) is 77.4 Å². The zero-order valence-electron chi connectivity index (χ0n) is 14.0. The van der Waals surface area contributed by atoms with Crippen molar-refractivity contribution in [1.29, 1.82) is 0 Å². The Morgan fingerprint density at radius 1 is 0.800 bits per heavy atom. The van der Waals surface area contributed by atoms with E-state index in [0.717, 1.165) is 35.1 Å². The first-order chi connectivity index (χ1) is 12.2. The molecule has 1 saturated carbocycles. The highest BCUT2D eigenvalue weighted by Crippen LogP contribution is 2.43. The molecule has 0 unspecified atom stereocenters. The van der Waals surface area contributed by atoms with Crippen LogP contribution in [0.1, 0.15) is 30.9 Å². The summed E-state index contributed by atoms with van der Waals surface area (Å²) in [7, 11) is 0. The normalized spacial score (nSPS) is 19.0. The molecule has 2 aromatic rings. The van der Waals surface area contributed by atoms with Crippen molar-refractivity contribution >= 4 is 17.5 Å². The van der Waals surface area contributed by atoms with Gasteiger partial charge in [0.1, 0.15) is 0 Å². The summed E-state index contributed by atoms with van der Waals surface area (Å²) in [4.78, 5) is 25.0. The van der Waals surface area contributed by atoms with E-state index in [4.69, 9.17) is 4.74 Å². The molecule has 0 atom stereocenters. The maximum absolute atomic E-state index is 12.6. The van der Waals surface area contributed by atoms with Crippen molar-refractivity contribution < 1.29 is 14.3 Å². The number of carbonyl (C=O) groups is 2. The average Bonchev–Trinajstić information content (AvgIpc) is 3.43. The van der Waals surface area contributed by atoms with Crippen LogP contribution in [0.2, 0.25) is 0 Å². The summed E-state index contributed by atoms with van der Waals surface area (Å²) in [6.07, 6.45) is 2.13. The summed E-state index contributed by atoms with van der Waals surface area (Å²) >= 11 is 0. The Labute approximate surface area is 146 Å². The van der Waals surface area contributed by atoms with Crippen LogP contribution in [0, 0.1) is 5.92 Å². The third-order valence-corrected chi connectivity index (χ3v) is 4.80.